The van der Waals surface area contributed by atoms with Crippen molar-refractivity contribution in [3.8, 4) is 0 Å². The first-order chi connectivity index (χ1) is 10.2. The molecule has 21 heavy (non-hydrogen) atoms. The summed E-state index contributed by atoms with van der Waals surface area (Å²) in [5.74, 6) is 0.374. The molecule has 0 saturated carbocycles. The molecule has 0 radical (unpaired) electrons. The molecule has 1 aliphatic heterocycles. The van der Waals surface area contributed by atoms with Gasteiger partial charge in [-0.25, -0.2) is 9.66 Å². The van der Waals surface area contributed by atoms with E-state index in [1.165, 1.54) is 0 Å². The summed E-state index contributed by atoms with van der Waals surface area (Å²) in [5.41, 5.74) is 8.53. The van der Waals surface area contributed by atoms with Gasteiger partial charge in [-0.15, -0.1) is 0 Å². The minimum absolute atomic E-state index is 0.285. The normalized spacial score (nSPS) is 16.6. The van der Waals surface area contributed by atoms with E-state index in [0.717, 1.165) is 36.5 Å². The van der Waals surface area contributed by atoms with Crippen LogP contribution in [0, 0.1) is 6.92 Å². The topological polar surface area (TPSA) is 74.7 Å². The molecule has 0 spiro atoms. The van der Waals surface area contributed by atoms with E-state index in [1.54, 1.807) is 17.1 Å². The van der Waals surface area contributed by atoms with E-state index < -0.39 is 0 Å². The Kier molecular flexibility index (Phi) is 3.98. The lowest BCUT2D eigenvalue weighted by atomic mass is 10.1. The Morgan fingerprint density at radius 2 is 2.19 bits per heavy atom. The molecule has 6 heteroatoms. The Bertz CT molecular complexity index is 645. The highest BCUT2D eigenvalue weighted by atomic mass is 16.7. The van der Waals surface area contributed by atoms with Crippen LogP contribution < -0.4 is 5.73 Å². The second-order valence-electron chi connectivity index (χ2n) is 4.93. The second kappa shape index (κ2) is 6.07. The van der Waals surface area contributed by atoms with Gasteiger partial charge in [0.25, 0.3) is 0 Å². The highest BCUT2D eigenvalue weighted by Gasteiger charge is 2.16. The van der Waals surface area contributed by atoms with E-state index >= 15 is 0 Å². The van der Waals surface area contributed by atoms with Crippen LogP contribution in [0.3, 0.4) is 0 Å². The van der Waals surface area contributed by atoms with Gasteiger partial charge >= 0.3 is 0 Å². The van der Waals surface area contributed by atoms with Gasteiger partial charge in [0.05, 0.1) is 31.3 Å². The number of hydrogen-bond donors (Lipinski definition) is 1. The predicted molar refractivity (Wildman–Crippen MR) is 80.1 cm³/mol. The van der Waals surface area contributed by atoms with E-state index in [1.807, 2.05) is 31.2 Å². The summed E-state index contributed by atoms with van der Waals surface area (Å²) in [6.07, 6.45) is 4.18. The van der Waals surface area contributed by atoms with Crippen LogP contribution in [0.2, 0.25) is 0 Å². The first-order valence-electron chi connectivity index (χ1n) is 6.91. The highest BCUT2D eigenvalue weighted by Crippen LogP contribution is 2.23. The molecule has 1 aromatic carbocycles. The molecule has 2 heterocycles. The number of nitrogen functional groups attached to an aromatic ring is 1. The van der Waals surface area contributed by atoms with Crippen LogP contribution in [-0.4, -0.2) is 29.1 Å². The lowest BCUT2D eigenvalue weighted by Gasteiger charge is -2.23. The number of hydrogen-bond acceptors (Lipinski definition) is 5. The summed E-state index contributed by atoms with van der Waals surface area (Å²) < 4.78 is 12.8. The number of nitrogens with two attached hydrogens (primary N) is 1. The molecular formula is C15H18N4O2. The van der Waals surface area contributed by atoms with E-state index in [4.69, 9.17) is 15.2 Å². The third-order valence-corrected chi connectivity index (χ3v) is 3.18. The summed E-state index contributed by atoms with van der Waals surface area (Å²) in [7, 11) is 0. The van der Waals surface area contributed by atoms with Gasteiger partial charge in [0.15, 0.2) is 6.29 Å². The summed E-state index contributed by atoms with van der Waals surface area (Å²) in [4.78, 5) is 4.10. The van der Waals surface area contributed by atoms with E-state index in [2.05, 4.69) is 10.1 Å². The lowest BCUT2D eigenvalue weighted by Crippen LogP contribution is -2.17. The molecule has 0 atom stereocenters. The van der Waals surface area contributed by atoms with E-state index in [0.29, 0.717) is 5.95 Å². The molecule has 1 aliphatic rings. The van der Waals surface area contributed by atoms with Crippen molar-refractivity contribution < 1.29 is 9.47 Å². The molecule has 110 valence electrons. The van der Waals surface area contributed by atoms with Crippen molar-refractivity contribution in [1.82, 2.24) is 9.66 Å². The van der Waals surface area contributed by atoms with Gasteiger partial charge < -0.3 is 15.2 Å². The quantitative estimate of drug-likeness (QED) is 0.877. The SMILES string of the molecule is Cc1cn(N=Cc2cccc(C3OCCCO3)c2)c(N)n1. The van der Waals surface area contributed by atoms with Crippen LogP contribution in [0.15, 0.2) is 35.6 Å². The maximum absolute atomic E-state index is 5.75. The lowest BCUT2D eigenvalue weighted by molar-refractivity contribution is -0.183. The molecule has 6 nitrogen and oxygen atoms in total. The van der Waals surface area contributed by atoms with Crippen molar-refractivity contribution in [3.63, 3.8) is 0 Å². The van der Waals surface area contributed by atoms with Gasteiger partial charge in [-0.1, -0.05) is 18.2 Å². The van der Waals surface area contributed by atoms with Crippen molar-refractivity contribution >= 4 is 12.2 Å². The Morgan fingerprint density at radius 3 is 2.90 bits per heavy atom. The Labute approximate surface area is 123 Å². The van der Waals surface area contributed by atoms with Crippen LogP contribution in [0.5, 0.6) is 0 Å². The van der Waals surface area contributed by atoms with Crippen LogP contribution in [0.4, 0.5) is 5.95 Å². The fourth-order valence-electron chi connectivity index (χ4n) is 2.19. The Morgan fingerprint density at radius 1 is 1.38 bits per heavy atom. The van der Waals surface area contributed by atoms with Crippen molar-refractivity contribution in [2.45, 2.75) is 19.6 Å². The summed E-state index contributed by atoms with van der Waals surface area (Å²) in [6, 6.07) is 7.92. The van der Waals surface area contributed by atoms with Crippen molar-refractivity contribution in [3.05, 3.63) is 47.3 Å². The highest BCUT2D eigenvalue weighted by molar-refractivity contribution is 5.79. The largest absolute Gasteiger partial charge is 0.368 e. The third-order valence-electron chi connectivity index (χ3n) is 3.18. The van der Waals surface area contributed by atoms with E-state index in [-0.39, 0.29) is 6.29 Å². The minimum Gasteiger partial charge on any atom is -0.368 e. The molecule has 0 amide bonds. The zero-order valence-corrected chi connectivity index (χ0v) is 11.9. The van der Waals surface area contributed by atoms with Gasteiger partial charge in [0.2, 0.25) is 5.95 Å². The van der Waals surface area contributed by atoms with Gasteiger partial charge in [-0.05, 0) is 25.0 Å². The fourth-order valence-corrected chi connectivity index (χ4v) is 2.19. The average molecular weight is 286 g/mol. The number of rotatable bonds is 3. The monoisotopic (exact) mass is 286 g/mol. The predicted octanol–water partition coefficient (Wildman–Crippen LogP) is 2.09. The molecule has 0 unspecified atom stereocenters. The molecule has 0 bridgehead atoms. The molecule has 1 aromatic heterocycles. The number of benzene rings is 1. The number of anilines is 1. The average Bonchev–Trinajstić information content (AvgIpc) is 2.84. The van der Waals surface area contributed by atoms with Crippen LogP contribution in [0.25, 0.3) is 0 Å². The molecule has 2 N–H and O–H groups in total. The zero-order chi connectivity index (χ0) is 14.7. The van der Waals surface area contributed by atoms with Crippen LogP contribution in [-0.2, 0) is 9.47 Å². The number of imidazole rings is 1. The van der Waals surface area contributed by atoms with Gasteiger partial charge in [0, 0.05) is 5.56 Å². The fraction of sp³-hybridized carbons (Fsp3) is 0.333. The zero-order valence-electron chi connectivity index (χ0n) is 11.9. The number of aryl methyl sites for hydroxylation is 1. The number of nitrogens with zero attached hydrogens (tertiary/aromatic N) is 3. The maximum Gasteiger partial charge on any atom is 0.221 e. The van der Waals surface area contributed by atoms with Crippen LogP contribution >= 0.6 is 0 Å². The molecule has 3 rings (SSSR count). The first kappa shape index (κ1) is 13.8. The number of aromatic nitrogens is 2. The first-order valence-corrected chi connectivity index (χ1v) is 6.91. The van der Waals surface area contributed by atoms with Gasteiger partial charge in [0.1, 0.15) is 0 Å². The van der Waals surface area contributed by atoms with Crippen LogP contribution in [0.1, 0.15) is 29.5 Å². The second-order valence-corrected chi connectivity index (χ2v) is 4.93. The summed E-state index contributed by atoms with van der Waals surface area (Å²) >= 11 is 0. The molecule has 2 aromatic rings. The standard InChI is InChI=1S/C15H18N4O2/c1-11-10-19(15(16)18-11)17-9-12-4-2-5-13(8-12)14-20-6-3-7-21-14/h2,4-5,8-10,14H,3,6-7H2,1H3,(H2,16,18). The molecule has 1 fully saturated rings. The molecule has 1 saturated heterocycles. The van der Waals surface area contributed by atoms with Crippen molar-refractivity contribution in [2.75, 3.05) is 18.9 Å². The molecule has 0 aliphatic carbocycles. The maximum atomic E-state index is 5.75. The Balaban J connectivity index is 1.78. The summed E-state index contributed by atoms with van der Waals surface area (Å²) in [6.45, 7) is 3.34. The number of ether oxygens (including phenoxy) is 2. The van der Waals surface area contributed by atoms with E-state index in [9.17, 15) is 0 Å². The minimum atomic E-state index is -0.285. The van der Waals surface area contributed by atoms with Crippen molar-refractivity contribution in [1.29, 1.82) is 0 Å². The smallest absolute Gasteiger partial charge is 0.221 e. The molecular weight excluding hydrogens is 268 g/mol. The van der Waals surface area contributed by atoms with Gasteiger partial charge in [-0.3, -0.25) is 0 Å². The van der Waals surface area contributed by atoms with Crippen molar-refractivity contribution in [2.24, 2.45) is 5.10 Å². The third kappa shape index (κ3) is 3.29. The van der Waals surface area contributed by atoms with Gasteiger partial charge in [-0.2, -0.15) is 5.10 Å². The Hall–Kier alpha value is -2.18. The summed E-state index contributed by atoms with van der Waals surface area (Å²) in [5, 5.41) is 4.31.